The average molecular weight is 498 g/mol. The summed E-state index contributed by atoms with van der Waals surface area (Å²) in [6.07, 6.45) is 5.60. The van der Waals surface area contributed by atoms with Gasteiger partial charge < -0.3 is 4.90 Å². The van der Waals surface area contributed by atoms with Crippen molar-refractivity contribution in [3.63, 3.8) is 0 Å². The summed E-state index contributed by atoms with van der Waals surface area (Å²) in [6, 6.07) is 23.4. The molecule has 0 aromatic heterocycles. The lowest BCUT2D eigenvalue weighted by molar-refractivity contribution is 0.628. The summed E-state index contributed by atoms with van der Waals surface area (Å²) in [6.45, 7) is 23.5. The summed E-state index contributed by atoms with van der Waals surface area (Å²) in [5.74, 6) is -0.313. The largest absolute Gasteiger partial charge is 0.309 e. The second kappa shape index (κ2) is 9.46. The Kier molecular flexibility index (Phi) is 6.28. The van der Waals surface area contributed by atoms with Crippen LogP contribution in [0.1, 0.15) is 41.7 Å². The molecule has 2 heteroatoms. The normalized spacial score (nSPS) is 13.8. The quantitative estimate of drug-likeness (QED) is 0.259. The third kappa shape index (κ3) is 3.85. The van der Waals surface area contributed by atoms with Gasteiger partial charge in [0.1, 0.15) is 5.82 Å². The molecule has 0 atom stereocenters. The van der Waals surface area contributed by atoms with Gasteiger partial charge in [0.2, 0.25) is 0 Å². The van der Waals surface area contributed by atoms with Crippen LogP contribution in [0.4, 0.5) is 15.8 Å². The van der Waals surface area contributed by atoms with Crippen molar-refractivity contribution in [1.29, 1.82) is 0 Å². The van der Waals surface area contributed by atoms with Gasteiger partial charge in [-0.3, -0.25) is 0 Å². The molecule has 0 amide bonds. The number of hydrogen-bond donors (Lipinski definition) is 0. The van der Waals surface area contributed by atoms with Gasteiger partial charge in [-0.15, -0.1) is 0 Å². The van der Waals surface area contributed by atoms with E-state index in [1.807, 2.05) is 48.6 Å². The van der Waals surface area contributed by atoms with E-state index in [9.17, 15) is 4.39 Å². The second-order valence-electron chi connectivity index (χ2n) is 10.3. The molecule has 38 heavy (non-hydrogen) atoms. The zero-order chi connectivity index (χ0) is 27.2. The summed E-state index contributed by atoms with van der Waals surface area (Å²) in [5.41, 5.74) is 10.2. The topological polar surface area (TPSA) is 3.24 Å². The van der Waals surface area contributed by atoms with Crippen LogP contribution in [0.3, 0.4) is 0 Å². The minimum atomic E-state index is -0.313. The van der Waals surface area contributed by atoms with Crippen LogP contribution >= 0.6 is 0 Å². The third-order valence-electron chi connectivity index (χ3n) is 7.62. The molecule has 0 aliphatic heterocycles. The van der Waals surface area contributed by atoms with Crippen LogP contribution in [0.25, 0.3) is 35.6 Å². The van der Waals surface area contributed by atoms with E-state index in [0.29, 0.717) is 5.69 Å². The van der Waals surface area contributed by atoms with Gasteiger partial charge in [0.05, 0.1) is 11.4 Å². The van der Waals surface area contributed by atoms with Gasteiger partial charge >= 0.3 is 0 Å². The minimum absolute atomic E-state index is 0.241. The van der Waals surface area contributed by atoms with Crippen molar-refractivity contribution in [3.8, 4) is 11.1 Å². The molecular weight excluding hydrogens is 465 g/mol. The standard InChI is InChI=1S/C36H32FN/c1-8-27-28(9-2)35-30-19-18-23(4)20-31(30)36(6,7)32(35)22-34(27)38(26-16-13-15-25(37)21-26)33(10-3)29-17-12-11-14-24(29)5/h8-22H,1-3,5H2,4,6-7H3/b33-29+. The lowest BCUT2D eigenvalue weighted by Crippen LogP contribution is -2.31. The number of fused-ring (bicyclic) bond motifs is 3. The van der Waals surface area contributed by atoms with Crippen molar-refractivity contribution in [2.24, 2.45) is 0 Å². The van der Waals surface area contributed by atoms with Gasteiger partial charge in [0.25, 0.3) is 0 Å². The van der Waals surface area contributed by atoms with Crippen LogP contribution < -0.4 is 15.3 Å². The summed E-state index contributed by atoms with van der Waals surface area (Å²) >= 11 is 0. The maximum atomic E-state index is 14.7. The van der Waals surface area contributed by atoms with E-state index in [1.165, 1.54) is 33.9 Å². The minimum Gasteiger partial charge on any atom is -0.309 e. The van der Waals surface area contributed by atoms with Crippen molar-refractivity contribution < 1.29 is 4.39 Å². The van der Waals surface area contributed by atoms with E-state index < -0.39 is 0 Å². The molecule has 4 aromatic carbocycles. The van der Waals surface area contributed by atoms with Gasteiger partial charge in [-0.25, -0.2) is 4.39 Å². The van der Waals surface area contributed by atoms with Crippen molar-refractivity contribution >= 4 is 35.8 Å². The van der Waals surface area contributed by atoms with Crippen LogP contribution in [0.15, 0.2) is 98.6 Å². The number of halogens is 1. The first-order valence-electron chi connectivity index (χ1n) is 12.8. The summed E-state index contributed by atoms with van der Waals surface area (Å²) < 4.78 is 14.7. The highest BCUT2D eigenvalue weighted by Gasteiger charge is 2.38. The molecule has 0 heterocycles. The molecule has 0 spiro atoms. The Balaban J connectivity index is 1.95. The van der Waals surface area contributed by atoms with Crippen LogP contribution in [-0.2, 0) is 5.41 Å². The summed E-state index contributed by atoms with van der Waals surface area (Å²) in [7, 11) is 0. The van der Waals surface area contributed by atoms with E-state index in [4.69, 9.17) is 0 Å². The maximum Gasteiger partial charge on any atom is 0.125 e. The molecule has 188 valence electrons. The first kappa shape index (κ1) is 25.2. The smallest absolute Gasteiger partial charge is 0.125 e. The predicted molar refractivity (Wildman–Crippen MR) is 162 cm³/mol. The fraction of sp³-hybridized carbons (Fsp3) is 0.111. The highest BCUT2D eigenvalue weighted by atomic mass is 19.1. The van der Waals surface area contributed by atoms with Crippen LogP contribution in [0.2, 0.25) is 0 Å². The maximum absolute atomic E-state index is 14.7. The Morgan fingerprint density at radius 2 is 1.58 bits per heavy atom. The molecule has 0 saturated heterocycles. The number of anilines is 2. The highest BCUT2D eigenvalue weighted by Crippen LogP contribution is 2.54. The van der Waals surface area contributed by atoms with Crippen molar-refractivity contribution in [2.45, 2.75) is 26.2 Å². The number of benzene rings is 4. The van der Waals surface area contributed by atoms with Crippen molar-refractivity contribution in [3.05, 3.63) is 143 Å². The van der Waals surface area contributed by atoms with Gasteiger partial charge in [0, 0.05) is 21.9 Å². The Morgan fingerprint density at radius 3 is 2.24 bits per heavy atom. The van der Waals surface area contributed by atoms with Crippen LogP contribution in [0, 0.1) is 12.7 Å². The predicted octanol–water partition coefficient (Wildman–Crippen LogP) is 8.27. The number of rotatable bonds is 6. The lowest BCUT2D eigenvalue weighted by atomic mass is 9.80. The van der Waals surface area contributed by atoms with Gasteiger partial charge in [-0.05, 0) is 70.3 Å². The Morgan fingerprint density at radius 1 is 0.842 bits per heavy atom. The molecule has 1 nitrogen and oxygen atoms in total. The number of aryl methyl sites for hydroxylation is 1. The van der Waals surface area contributed by atoms with E-state index in [-0.39, 0.29) is 11.2 Å². The Hall–Kier alpha value is -4.43. The molecule has 1 aliphatic rings. The molecule has 4 aromatic rings. The summed E-state index contributed by atoms with van der Waals surface area (Å²) in [5, 5.41) is 1.78. The molecule has 0 N–H and O–H groups in total. The zero-order valence-corrected chi connectivity index (χ0v) is 22.3. The van der Waals surface area contributed by atoms with Crippen molar-refractivity contribution in [2.75, 3.05) is 4.90 Å². The van der Waals surface area contributed by atoms with Gasteiger partial charge in [-0.1, -0.05) is 106 Å². The Bertz CT molecular complexity index is 1740. The second-order valence-corrected chi connectivity index (χ2v) is 10.3. The van der Waals surface area contributed by atoms with Crippen LogP contribution in [-0.4, -0.2) is 0 Å². The lowest BCUT2D eigenvalue weighted by Gasteiger charge is -2.31. The fourth-order valence-electron chi connectivity index (χ4n) is 5.75. The van der Waals surface area contributed by atoms with E-state index in [1.54, 1.807) is 12.1 Å². The summed E-state index contributed by atoms with van der Waals surface area (Å²) in [4.78, 5) is 2.06. The Labute approximate surface area is 224 Å². The molecular formula is C36H32FN. The monoisotopic (exact) mass is 497 g/mol. The van der Waals surface area contributed by atoms with Crippen molar-refractivity contribution in [1.82, 2.24) is 0 Å². The van der Waals surface area contributed by atoms with Gasteiger partial charge in [-0.2, -0.15) is 0 Å². The van der Waals surface area contributed by atoms with Crippen LogP contribution in [0.5, 0.6) is 0 Å². The van der Waals surface area contributed by atoms with E-state index in [0.717, 1.165) is 32.9 Å². The molecule has 0 bridgehead atoms. The van der Waals surface area contributed by atoms with E-state index >= 15 is 0 Å². The first-order valence-corrected chi connectivity index (χ1v) is 12.8. The van der Waals surface area contributed by atoms with Gasteiger partial charge in [0.15, 0.2) is 0 Å². The molecule has 5 rings (SSSR count). The molecule has 0 fully saturated rings. The average Bonchev–Trinajstić information content (AvgIpc) is 3.12. The number of hydrogen-bond acceptors (Lipinski definition) is 1. The SMILES string of the molecule is C=C/C(=c1/ccccc1=C)N(c1cccc(F)c1)c1cc2c(c(C=C)c1C=C)-c1ccc(C)cc1C2(C)C. The third-order valence-corrected chi connectivity index (χ3v) is 7.62. The molecule has 0 saturated carbocycles. The fourth-order valence-corrected chi connectivity index (χ4v) is 5.75. The molecule has 0 radical (unpaired) electrons. The molecule has 0 unspecified atom stereocenters. The van der Waals surface area contributed by atoms with E-state index in [2.05, 4.69) is 76.3 Å². The molecule has 1 aliphatic carbocycles. The zero-order valence-electron chi connectivity index (χ0n) is 22.3. The number of nitrogens with zero attached hydrogens (tertiary/aromatic N) is 1. The first-order chi connectivity index (χ1) is 18.2. The highest BCUT2D eigenvalue weighted by molar-refractivity contribution is 5.98.